The summed E-state index contributed by atoms with van der Waals surface area (Å²) in [5.41, 5.74) is 9.39. The van der Waals surface area contributed by atoms with Crippen LogP contribution in [0.15, 0.2) is 54.6 Å². The van der Waals surface area contributed by atoms with Crippen LogP contribution in [0.3, 0.4) is 0 Å². The van der Waals surface area contributed by atoms with E-state index in [2.05, 4.69) is 6.07 Å². The molecule has 2 amide bonds. The lowest BCUT2D eigenvalue weighted by Crippen LogP contribution is -2.38. The number of likely N-dealkylation sites (tertiary alicyclic amines) is 1. The predicted octanol–water partition coefficient (Wildman–Crippen LogP) is 4.55. The molecule has 0 radical (unpaired) electrons. The Morgan fingerprint density at radius 3 is 2.55 bits per heavy atom. The summed E-state index contributed by atoms with van der Waals surface area (Å²) in [7, 11) is 1.67. The second kappa shape index (κ2) is 8.80. The first-order chi connectivity index (χ1) is 15.0. The number of hydrogen-bond acceptors (Lipinski definition) is 3. The molecule has 0 aliphatic carbocycles. The van der Waals surface area contributed by atoms with Gasteiger partial charge in [-0.3, -0.25) is 9.59 Å². The minimum atomic E-state index is -0.326. The van der Waals surface area contributed by atoms with Crippen LogP contribution in [0, 0.1) is 12.8 Å². The Morgan fingerprint density at radius 2 is 1.81 bits per heavy atom. The highest BCUT2D eigenvalue weighted by Crippen LogP contribution is 2.34. The van der Waals surface area contributed by atoms with E-state index in [-0.39, 0.29) is 17.7 Å². The molecule has 1 heterocycles. The van der Waals surface area contributed by atoms with Gasteiger partial charge in [-0.15, -0.1) is 0 Å². The van der Waals surface area contributed by atoms with E-state index < -0.39 is 0 Å². The minimum absolute atomic E-state index is 0.0441. The maximum absolute atomic E-state index is 13.5. The normalized spacial score (nSPS) is 16.7. The predicted molar refractivity (Wildman–Crippen MR) is 123 cm³/mol. The summed E-state index contributed by atoms with van der Waals surface area (Å²) in [4.78, 5) is 27.0. The van der Waals surface area contributed by atoms with Crippen LogP contribution in [0.4, 0.5) is 0 Å². The Kier molecular flexibility index (Phi) is 5.94. The molecule has 1 atom stereocenters. The summed E-state index contributed by atoms with van der Waals surface area (Å²) in [6.07, 6.45) is 2.54. The standard InChI is InChI=1S/C26H28N2O3/c1-17-10-11-18(15-24(17)31-2)20-12-13-23(22-9-4-3-8-21(20)22)26(30)28-14-6-5-7-19(16-28)25(27)29/h3-4,8-13,15,19H,5-7,14,16H2,1-2H3,(H2,27,29). The van der Waals surface area contributed by atoms with Gasteiger partial charge in [0.2, 0.25) is 5.91 Å². The summed E-state index contributed by atoms with van der Waals surface area (Å²) in [5, 5.41) is 1.92. The van der Waals surface area contributed by atoms with Crippen LogP contribution in [0.5, 0.6) is 5.75 Å². The zero-order valence-electron chi connectivity index (χ0n) is 18.1. The third kappa shape index (κ3) is 4.13. The molecule has 31 heavy (non-hydrogen) atoms. The third-order valence-corrected chi connectivity index (χ3v) is 6.23. The smallest absolute Gasteiger partial charge is 0.254 e. The van der Waals surface area contributed by atoms with E-state index in [1.807, 2.05) is 55.5 Å². The van der Waals surface area contributed by atoms with E-state index in [0.717, 1.165) is 52.5 Å². The fraction of sp³-hybridized carbons (Fsp3) is 0.308. The molecule has 0 saturated carbocycles. The Balaban J connectivity index is 1.76. The summed E-state index contributed by atoms with van der Waals surface area (Å²) >= 11 is 0. The fourth-order valence-electron chi connectivity index (χ4n) is 4.45. The van der Waals surface area contributed by atoms with Crippen molar-refractivity contribution < 1.29 is 14.3 Å². The number of primary amides is 1. The fourth-order valence-corrected chi connectivity index (χ4v) is 4.45. The van der Waals surface area contributed by atoms with Crippen molar-refractivity contribution in [1.82, 2.24) is 4.90 Å². The minimum Gasteiger partial charge on any atom is -0.496 e. The van der Waals surface area contributed by atoms with E-state index in [0.29, 0.717) is 18.7 Å². The van der Waals surface area contributed by atoms with E-state index in [9.17, 15) is 9.59 Å². The van der Waals surface area contributed by atoms with Crippen molar-refractivity contribution in [3.8, 4) is 16.9 Å². The molecule has 2 N–H and O–H groups in total. The average molecular weight is 417 g/mol. The molecule has 0 aromatic heterocycles. The molecule has 0 spiro atoms. The number of hydrogen-bond donors (Lipinski definition) is 1. The molecule has 0 bridgehead atoms. The van der Waals surface area contributed by atoms with Crippen molar-refractivity contribution in [2.75, 3.05) is 20.2 Å². The van der Waals surface area contributed by atoms with Gasteiger partial charge in [-0.25, -0.2) is 0 Å². The number of carbonyl (C=O) groups excluding carboxylic acids is 2. The zero-order valence-corrected chi connectivity index (χ0v) is 18.1. The second-order valence-electron chi connectivity index (χ2n) is 8.24. The number of amides is 2. The molecule has 1 fully saturated rings. The van der Waals surface area contributed by atoms with Crippen LogP contribution in [-0.4, -0.2) is 36.9 Å². The summed E-state index contributed by atoms with van der Waals surface area (Å²) in [6.45, 7) is 3.05. The number of ether oxygens (including phenoxy) is 1. The number of nitrogens with two attached hydrogens (primary N) is 1. The number of fused-ring (bicyclic) bond motifs is 1. The van der Waals surface area contributed by atoms with Crippen LogP contribution in [0.1, 0.15) is 35.2 Å². The number of nitrogens with zero attached hydrogens (tertiary/aromatic N) is 1. The molecule has 3 aromatic carbocycles. The van der Waals surface area contributed by atoms with E-state index in [1.165, 1.54) is 0 Å². The molecule has 1 aliphatic rings. The van der Waals surface area contributed by atoms with Crippen LogP contribution in [-0.2, 0) is 4.79 Å². The number of rotatable bonds is 4. The quantitative estimate of drug-likeness (QED) is 0.678. The molecule has 1 saturated heterocycles. The van der Waals surface area contributed by atoms with Crippen molar-refractivity contribution in [1.29, 1.82) is 0 Å². The summed E-state index contributed by atoms with van der Waals surface area (Å²) < 4.78 is 5.50. The number of methoxy groups -OCH3 is 1. The number of aryl methyl sites for hydroxylation is 1. The van der Waals surface area contributed by atoms with Crippen molar-refractivity contribution in [2.45, 2.75) is 26.2 Å². The van der Waals surface area contributed by atoms with Crippen molar-refractivity contribution in [3.05, 3.63) is 65.7 Å². The maximum Gasteiger partial charge on any atom is 0.254 e. The lowest BCUT2D eigenvalue weighted by atomic mass is 9.93. The highest BCUT2D eigenvalue weighted by Gasteiger charge is 2.27. The molecule has 160 valence electrons. The maximum atomic E-state index is 13.5. The van der Waals surface area contributed by atoms with E-state index in [1.54, 1.807) is 12.0 Å². The second-order valence-corrected chi connectivity index (χ2v) is 8.24. The molecule has 5 nitrogen and oxygen atoms in total. The van der Waals surface area contributed by atoms with Gasteiger partial charge in [0.15, 0.2) is 0 Å². The van der Waals surface area contributed by atoms with Crippen molar-refractivity contribution in [3.63, 3.8) is 0 Å². The van der Waals surface area contributed by atoms with Gasteiger partial charge in [-0.1, -0.05) is 48.9 Å². The lowest BCUT2D eigenvalue weighted by Gasteiger charge is -2.24. The monoisotopic (exact) mass is 416 g/mol. The van der Waals surface area contributed by atoms with Gasteiger partial charge in [0.25, 0.3) is 5.91 Å². The Bertz CT molecular complexity index is 1140. The Labute approximate surface area is 182 Å². The van der Waals surface area contributed by atoms with Gasteiger partial charge in [-0.05, 0) is 59.4 Å². The van der Waals surface area contributed by atoms with Gasteiger partial charge in [-0.2, -0.15) is 0 Å². The topological polar surface area (TPSA) is 72.6 Å². The summed E-state index contributed by atoms with van der Waals surface area (Å²) in [5.74, 6) is 0.186. The SMILES string of the molecule is COc1cc(-c2ccc(C(=O)N3CCCCC(C(N)=O)C3)c3ccccc23)ccc1C. The molecular formula is C26H28N2O3. The molecule has 4 rings (SSSR count). The van der Waals surface area contributed by atoms with Crippen molar-refractivity contribution in [2.24, 2.45) is 11.7 Å². The van der Waals surface area contributed by atoms with Gasteiger partial charge in [0.1, 0.15) is 5.75 Å². The first kappa shape index (κ1) is 20.9. The van der Waals surface area contributed by atoms with Gasteiger partial charge < -0.3 is 15.4 Å². The first-order valence-electron chi connectivity index (χ1n) is 10.7. The highest BCUT2D eigenvalue weighted by atomic mass is 16.5. The third-order valence-electron chi connectivity index (χ3n) is 6.23. The first-order valence-corrected chi connectivity index (χ1v) is 10.7. The zero-order chi connectivity index (χ0) is 22.0. The van der Waals surface area contributed by atoms with Gasteiger partial charge in [0.05, 0.1) is 13.0 Å². The Hall–Kier alpha value is -3.34. The van der Waals surface area contributed by atoms with Crippen LogP contribution >= 0.6 is 0 Å². The largest absolute Gasteiger partial charge is 0.496 e. The van der Waals surface area contributed by atoms with E-state index >= 15 is 0 Å². The van der Waals surface area contributed by atoms with Gasteiger partial charge >= 0.3 is 0 Å². The molecule has 3 aromatic rings. The number of carbonyl (C=O) groups is 2. The lowest BCUT2D eigenvalue weighted by molar-refractivity contribution is -0.122. The average Bonchev–Trinajstić information content (AvgIpc) is 3.05. The van der Waals surface area contributed by atoms with Crippen LogP contribution in [0.2, 0.25) is 0 Å². The van der Waals surface area contributed by atoms with Crippen LogP contribution in [0.25, 0.3) is 21.9 Å². The highest BCUT2D eigenvalue weighted by molar-refractivity contribution is 6.11. The van der Waals surface area contributed by atoms with Crippen LogP contribution < -0.4 is 10.5 Å². The van der Waals surface area contributed by atoms with Crippen molar-refractivity contribution >= 4 is 22.6 Å². The van der Waals surface area contributed by atoms with E-state index in [4.69, 9.17) is 10.5 Å². The molecular weight excluding hydrogens is 388 g/mol. The number of benzene rings is 3. The Morgan fingerprint density at radius 1 is 1.03 bits per heavy atom. The molecule has 1 unspecified atom stereocenters. The molecule has 5 heteroatoms. The summed E-state index contributed by atoms with van der Waals surface area (Å²) in [6, 6.07) is 18.0. The molecule has 1 aliphatic heterocycles. The van der Waals surface area contributed by atoms with Gasteiger partial charge in [0, 0.05) is 18.7 Å².